The van der Waals surface area contributed by atoms with Crippen LogP contribution in [0.5, 0.6) is 5.75 Å². The number of halogens is 1. The summed E-state index contributed by atoms with van der Waals surface area (Å²) in [5, 5.41) is 11.7. The predicted octanol–water partition coefficient (Wildman–Crippen LogP) is 4.45. The van der Waals surface area contributed by atoms with Gasteiger partial charge >= 0.3 is 5.69 Å². The molecule has 0 spiro atoms. The Morgan fingerprint density at radius 3 is 2.64 bits per heavy atom. The molecule has 1 aromatic heterocycles. The number of para-hydroxylation sites is 2. The molecule has 0 aliphatic carbocycles. The number of hydrogen-bond acceptors (Lipinski definition) is 5. The Labute approximate surface area is 166 Å². The van der Waals surface area contributed by atoms with Gasteiger partial charge in [-0.1, -0.05) is 35.9 Å². The number of furan rings is 1. The van der Waals surface area contributed by atoms with Crippen LogP contribution < -0.4 is 4.74 Å². The number of ether oxygens (including phenoxy) is 1. The number of nitrogens with zero attached hydrogens (tertiary/aromatic N) is 2. The first-order chi connectivity index (χ1) is 13.5. The van der Waals surface area contributed by atoms with Crippen molar-refractivity contribution < 1.29 is 18.9 Å². The van der Waals surface area contributed by atoms with E-state index in [0.717, 1.165) is 5.56 Å². The fourth-order valence-electron chi connectivity index (χ4n) is 2.64. The van der Waals surface area contributed by atoms with Gasteiger partial charge in [-0.2, -0.15) is 0 Å². The van der Waals surface area contributed by atoms with E-state index in [1.807, 2.05) is 6.07 Å². The molecule has 0 N–H and O–H groups in total. The van der Waals surface area contributed by atoms with Gasteiger partial charge < -0.3 is 14.1 Å². The standard InChI is InChI=1S/C20H17ClN2O5/c21-16-6-3-5-15(11-16)12-22(13-17-7-4-10-27-17)20(24)14-28-19-9-2-1-8-18(19)23(25)26/h1-11H,12-14H2. The molecule has 8 heteroatoms. The Bertz CT molecular complexity index is 959. The zero-order valence-corrected chi connectivity index (χ0v) is 15.5. The summed E-state index contributed by atoms with van der Waals surface area (Å²) in [4.78, 5) is 24.9. The van der Waals surface area contributed by atoms with Crippen LogP contribution in [-0.4, -0.2) is 22.3 Å². The van der Waals surface area contributed by atoms with Crippen molar-refractivity contribution in [2.45, 2.75) is 13.1 Å². The van der Waals surface area contributed by atoms with Crippen LogP contribution in [0, 0.1) is 10.1 Å². The minimum atomic E-state index is -0.549. The lowest BCUT2D eigenvalue weighted by atomic mass is 10.2. The second-order valence-corrected chi connectivity index (χ2v) is 6.41. The van der Waals surface area contributed by atoms with Crippen molar-refractivity contribution in [3.05, 3.63) is 93.4 Å². The van der Waals surface area contributed by atoms with E-state index in [9.17, 15) is 14.9 Å². The van der Waals surface area contributed by atoms with Crippen LogP contribution in [0.15, 0.2) is 71.3 Å². The normalized spacial score (nSPS) is 10.5. The van der Waals surface area contributed by atoms with E-state index in [2.05, 4.69) is 0 Å². The second-order valence-electron chi connectivity index (χ2n) is 5.97. The molecule has 0 fully saturated rings. The maximum atomic E-state index is 12.8. The van der Waals surface area contributed by atoms with E-state index >= 15 is 0 Å². The molecule has 0 bridgehead atoms. The molecule has 7 nitrogen and oxygen atoms in total. The molecule has 1 heterocycles. The second kappa shape index (κ2) is 9.05. The van der Waals surface area contributed by atoms with Crippen LogP contribution in [0.4, 0.5) is 5.69 Å². The monoisotopic (exact) mass is 400 g/mol. The highest BCUT2D eigenvalue weighted by atomic mass is 35.5. The van der Waals surface area contributed by atoms with Crippen LogP contribution in [0.2, 0.25) is 5.02 Å². The van der Waals surface area contributed by atoms with Gasteiger partial charge in [0.15, 0.2) is 12.4 Å². The minimum absolute atomic E-state index is 0.0431. The summed E-state index contributed by atoms with van der Waals surface area (Å²) >= 11 is 6.03. The fourth-order valence-corrected chi connectivity index (χ4v) is 2.85. The summed E-state index contributed by atoms with van der Waals surface area (Å²) in [6.07, 6.45) is 1.53. The molecule has 3 aromatic rings. The predicted molar refractivity (Wildman–Crippen MR) is 103 cm³/mol. The molecule has 0 atom stereocenters. The minimum Gasteiger partial charge on any atom is -0.477 e. The third-order valence-corrected chi connectivity index (χ3v) is 4.19. The Morgan fingerprint density at radius 1 is 1.11 bits per heavy atom. The molecule has 1 amide bonds. The molecule has 0 radical (unpaired) electrons. The summed E-state index contributed by atoms with van der Waals surface area (Å²) in [5.41, 5.74) is 0.654. The van der Waals surface area contributed by atoms with Crippen molar-refractivity contribution in [2.24, 2.45) is 0 Å². The van der Waals surface area contributed by atoms with Crippen LogP contribution in [0.3, 0.4) is 0 Å². The van der Waals surface area contributed by atoms with Gasteiger partial charge in [-0.3, -0.25) is 14.9 Å². The largest absolute Gasteiger partial charge is 0.477 e. The molecule has 0 aliphatic rings. The van der Waals surface area contributed by atoms with Crippen LogP contribution in [0.1, 0.15) is 11.3 Å². The zero-order valence-electron chi connectivity index (χ0n) is 14.8. The van der Waals surface area contributed by atoms with Crippen molar-refractivity contribution in [1.29, 1.82) is 0 Å². The average molecular weight is 401 g/mol. The first kappa shape index (κ1) is 19.4. The van der Waals surface area contributed by atoms with Crippen LogP contribution >= 0.6 is 11.6 Å². The van der Waals surface area contributed by atoms with Gasteiger partial charge in [-0.15, -0.1) is 0 Å². The summed E-state index contributed by atoms with van der Waals surface area (Å²) in [6.45, 7) is 0.186. The van der Waals surface area contributed by atoms with Gasteiger partial charge in [0.1, 0.15) is 5.76 Å². The van der Waals surface area contributed by atoms with E-state index in [4.69, 9.17) is 20.8 Å². The van der Waals surface area contributed by atoms with Gasteiger partial charge in [0.05, 0.1) is 17.7 Å². The lowest BCUT2D eigenvalue weighted by Crippen LogP contribution is -2.34. The summed E-state index contributed by atoms with van der Waals surface area (Å²) < 4.78 is 10.8. The average Bonchev–Trinajstić information content (AvgIpc) is 3.19. The molecule has 144 valence electrons. The quantitative estimate of drug-likeness (QED) is 0.412. The summed E-state index contributed by atoms with van der Waals surface area (Å²) in [5.74, 6) is 0.317. The molecular formula is C20H17ClN2O5. The molecule has 0 unspecified atom stereocenters. The zero-order chi connectivity index (χ0) is 19.9. The Kier molecular flexibility index (Phi) is 6.29. The van der Waals surface area contributed by atoms with Crippen molar-refractivity contribution in [1.82, 2.24) is 4.90 Å². The van der Waals surface area contributed by atoms with Crippen molar-refractivity contribution in [3.63, 3.8) is 0 Å². The molecule has 28 heavy (non-hydrogen) atoms. The van der Waals surface area contributed by atoms with Gasteiger partial charge in [-0.25, -0.2) is 0 Å². The lowest BCUT2D eigenvalue weighted by molar-refractivity contribution is -0.385. The van der Waals surface area contributed by atoms with E-state index in [-0.39, 0.29) is 30.5 Å². The summed E-state index contributed by atoms with van der Waals surface area (Å²) in [7, 11) is 0. The molecular weight excluding hydrogens is 384 g/mol. The highest BCUT2D eigenvalue weighted by molar-refractivity contribution is 6.30. The van der Waals surface area contributed by atoms with Crippen molar-refractivity contribution in [2.75, 3.05) is 6.61 Å². The number of nitro benzene ring substituents is 1. The Hall–Kier alpha value is -3.32. The SMILES string of the molecule is O=C(COc1ccccc1[N+](=O)[O-])N(Cc1cccc(Cl)c1)Cc1ccco1. The number of amides is 1. The van der Waals surface area contributed by atoms with E-state index < -0.39 is 4.92 Å². The van der Waals surface area contributed by atoms with E-state index in [1.165, 1.54) is 24.5 Å². The van der Waals surface area contributed by atoms with Crippen molar-refractivity contribution >= 4 is 23.2 Å². The van der Waals surface area contributed by atoms with Crippen molar-refractivity contribution in [3.8, 4) is 5.75 Å². The lowest BCUT2D eigenvalue weighted by Gasteiger charge is -2.22. The Balaban J connectivity index is 1.73. The number of nitro groups is 1. The Morgan fingerprint density at radius 2 is 1.93 bits per heavy atom. The number of carbonyl (C=O) groups is 1. The number of rotatable bonds is 8. The maximum Gasteiger partial charge on any atom is 0.310 e. The number of carbonyl (C=O) groups excluding carboxylic acids is 1. The fraction of sp³-hybridized carbons (Fsp3) is 0.150. The third-order valence-electron chi connectivity index (χ3n) is 3.96. The van der Waals surface area contributed by atoms with Crippen LogP contribution in [0.25, 0.3) is 0 Å². The molecule has 0 saturated carbocycles. The molecule has 2 aromatic carbocycles. The first-order valence-corrected chi connectivity index (χ1v) is 8.81. The van der Waals surface area contributed by atoms with Gasteiger partial charge in [0.2, 0.25) is 0 Å². The smallest absolute Gasteiger partial charge is 0.310 e. The van der Waals surface area contributed by atoms with Gasteiger partial charge in [0.25, 0.3) is 5.91 Å². The van der Waals surface area contributed by atoms with E-state index in [0.29, 0.717) is 17.3 Å². The first-order valence-electron chi connectivity index (χ1n) is 8.44. The topological polar surface area (TPSA) is 85.8 Å². The van der Waals surface area contributed by atoms with Crippen LogP contribution in [-0.2, 0) is 17.9 Å². The van der Waals surface area contributed by atoms with Gasteiger partial charge in [0, 0.05) is 17.6 Å². The molecule has 0 saturated heterocycles. The number of benzene rings is 2. The van der Waals surface area contributed by atoms with E-state index in [1.54, 1.807) is 41.3 Å². The maximum absolute atomic E-state index is 12.8. The molecule has 3 rings (SSSR count). The third kappa shape index (κ3) is 5.11. The highest BCUT2D eigenvalue weighted by Crippen LogP contribution is 2.26. The highest BCUT2D eigenvalue weighted by Gasteiger charge is 2.20. The molecule has 0 aliphatic heterocycles. The number of hydrogen-bond donors (Lipinski definition) is 0. The summed E-state index contributed by atoms with van der Waals surface area (Å²) in [6, 6.07) is 16.6. The van der Waals surface area contributed by atoms with Gasteiger partial charge in [-0.05, 0) is 35.9 Å².